The topological polar surface area (TPSA) is 60.9 Å². The van der Waals surface area contributed by atoms with Crippen molar-refractivity contribution in [2.75, 3.05) is 45.8 Å². The van der Waals surface area contributed by atoms with Crippen molar-refractivity contribution < 1.29 is 13.2 Å². The average molecular weight is 434 g/mol. The number of hydrogen-bond donors (Lipinski definition) is 0. The van der Waals surface area contributed by atoms with E-state index >= 15 is 0 Å². The molecule has 2 heterocycles. The van der Waals surface area contributed by atoms with Crippen molar-refractivity contribution in [3.63, 3.8) is 0 Å². The van der Waals surface area contributed by atoms with Crippen molar-refractivity contribution in [2.45, 2.75) is 24.7 Å². The van der Waals surface area contributed by atoms with Gasteiger partial charge in [0.15, 0.2) is 0 Å². The summed E-state index contributed by atoms with van der Waals surface area (Å²) in [5.41, 5.74) is 0. The van der Waals surface area contributed by atoms with Gasteiger partial charge < -0.3 is 4.90 Å². The number of halogens is 2. The molecule has 150 valence electrons. The fourth-order valence-electron chi connectivity index (χ4n) is 3.54. The molecule has 0 unspecified atom stereocenters. The average Bonchev–Trinajstić information content (AvgIpc) is 2.62. The lowest BCUT2D eigenvalue weighted by atomic mass is 9.99. The maximum atomic E-state index is 12.9. The number of nitrogens with zero attached hydrogens (tertiary/aromatic N) is 3. The number of sulfonamides is 1. The standard InChI is InChI=1S/C18H25Cl2N3O3S/c1-14-5-7-22(8-6-14)17(24)13-21-9-11-23(12-10-21)27(25,26)18-15(19)3-2-4-16(18)20/h2-4,14H,5-13H2,1H3. The zero-order chi connectivity index (χ0) is 19.6. The molecule has 0 bridgehead atoms. The minimum atomic E-state index is -3.75. The number of piperazine rings is 1. The Morgan fingerprint density at radius 3 is 2.15 bits per heavy atom. The molecule has 1 aromatic rings. The van der Waals surface area contributed by atoms with E-state index in [0.717, 1.165) is 25.9 Å². The van der Waals surface area contributed by atoms with E-state index in [4.69, 9.17) is 23.2 Å². The second kappa shape index (κ2) is 8.66. The molecule has 2 saturated heterocycles. The van der Waals surface area contributed by atoms with Gasteiger partial charge in [-0.15, -0.1) is 0 Å². The van der Waals surface area contributed by atoms with E-state index in [0.29, 0.717) is 38.6 Å². The molecule has 0 spiro atoms. The van der Waals surface area contributed by atoms with Gasteiger partial charge in [-0.2, -0.15) is 4.31 Å². The summed E-state index contributed by atoms with van der Waals surface area (Å²) in [6.45, 7) is 5.84. The van der Waals surface area contributed by atoms with Crippen LogP contribution in [-0.4, -0.2) is 74.2 Å². The second-order valence-electron chi connectivity index (χ2n) is 7.29. The largest absolute Gasteiger partial charge is 0.342 e. The molecule has 2 aliphatic heterocycles. The molecule has 0 saturated carbocycles. The summed E-state index contributed by atoms with van der Waals surface area (Å²) in [5, 5.41) is 0.249. The van der Waals surface area contributed by atoms with Gasteiger partial charge in [-0.3, -0.25) is 9.69 Å². The quantitative estimate of drug-likeness (QED) is 0.731. The zero-order valence-electron chi connectivity index (χ0n) is 15.4. The molecule has 6 nitrogen and oxygen atoms in total. The van der Waals surface area contributed by atoms with Crippen LogP contribution in [0.25, 0.3) is 0 Å². The molecular weight excluding hydrogens is 409 g/mol. The van der Waals surface area contributed by atoms with Crippen molar-refractivity contribution in [2.24, 2.45) is 5.92 Å². The Balaban J connectivity index is 1.58. The lowest BCUT2D eigenvalue weighted by Gasteiger charge is -2.36. The first-order chi connectivity index (χ1) is 12.8. The Morgan fingerprint density at radius 1 is 1.04 bits per heavy atom. The summed E-state index contributed by atoms with van der Waals surface area (Å²) in [6.07, 6.45) is 2.10. The van der Waals surface area contributed by atoms with E-state index in [-0.39, 0.29) is 20.8 Å². The number of hydrogen-bond acceptors (Lipinski definition) is 4. The summed E-state index contributed by atoms with van der Waals surface area (Å²) in [5.74, 6) is 0.812. The van der Waals surface area contributed by atoms with E-state index in [1.807, 2.05) is 9.80 Å². The molecular formula is C18H25Cl2N3O3S. The molecule has 0 N–H and O–H groups in total. The Hall–Kier alpha value is -0.860. The SMILES string of the molecule is CC1CCN(C(=O)CN2CCN(S(=O)(=O)c3c(Cl)cccc3Cl)CC2)CC1. The minimum Gasteiger partial charge on any atom is -0.342 e. The van der Waals surface area contributed by atoms with Gasteiger partial charge in [0.2, 0.25) is 15.9 Å². The maximum Gasteiger partial charge on any atom is 0.246 e. The van der Waals surface area contributed by atoms with Gasteiger partial charge in [0.1, 0.15) is 4.90 Å². The highest BCUT2D eigenvalue weighted by molar-refractivity contribution is 7.89. The first-order valence-electron chi connectivity index (χ1n) is 9.23. The normalized spacial score (nSPS) is 20.8. The predicted octanol–water partition coefficient (Wildman–Crippen LogP) is 2.56. The highest BCUT2D eigenvalue weighted by Crippen LogP contribution is 2.31. The van der Waals surface area contributed by atoms with Crippen molar-refractivity contribution in [1.82, 2.24) is 14.1 Å². The van der Waals surface area contributed by atoms with Gasteiger partial charge >= 0.3 is 0 Å². The van der Waals surface area contributed by atoms with Crippen LogP contribution in [0, 0.1) is 5.92 Å². The fraction of sp³-hybridized carbons (Fsp3) is 0.611. The Kier molecular flexibility index (Phi) is 6.69. The Bertz CT molecular complexity index is 767. The van der Waals surface area contributed by atoms with Crippen molar-refractivity contribution in [3.05, 3.63) is 28.2 Å². The molecule has 2 fully saturated rings. The minimum absolute atomic E-state index is 0.0414. The number of likely N-dealkylation sites (tertiary alicyclic amines) is 1. The van der Waals surface area contributed by atoms with E-state index < -0.39 is 10.0 Å². The zero-order valence-corrected chi connectivity index (χ0v) is 17.7. The van der Waals surface area contributed by atoms with Crippen LogP contribution in [0.15, 0.2) is 23.1 Å². The molecule has 0 radical (unpaired) electrons. The smallest absolute Gasteiger partial charge is 0.246 e. The fourth-order valence-corrected chi connectivity index (χ4v) is 6.05. The van der Waals surface area contributed by atoms with Crippen molar-refractivity contribution in [3.8, 4) is 0 Å². The van der Waals surface area contributed by atoms with Crippen molar-refractivity contribution >= 4 is 39.1 Å². The Morgan fingerprint density at radius 2 is 1.59 bits per heavy atom. The van der Waals surface area contributed by atoms with E-state index in [2.05, 4.69) is 6.92 Å². The summed E-state index contributed by atoms with van der Waals surface area (Å²) in [6, 6.07) is 4.66. The third-order valence-corrected chi connectivity index (χ3v) is 8.20. The summed E-state index contributed by atoms with van der Waals surface area (Å²) >= 11 is 12.2. The van der Waals surface area contributed by atoms with Gasteiger partial charge in [0.05, 0.1) is 16.6 Å². The predicted molar refractivity (Wildman–Crippen MR) is 107 cm³/mol. The van der Waals surface area contributed by atoms with Crippen LogP contribution in [0.5, 0.6) is 0 Å². The summed E-state index contributed by atoms with van der Waals surface area (Å²) < 4.78 is 27.2. The number of carbonyl (C=O) groups is 1. The van der Waals surface area contributed by atoms with Gasteiger partial charge in [-0.1, -0.05) is 36.2 Å². The third-order valence-electron chi connectivity index (χ3n) is 5.34. The van der Waals surface area contributed by atoms with Crippen LogP contribution in [0.2, 0.25) is 10.0 Å². The monoisotopic (exact) mass is 433 g/mol. The highest BCUT2D eigenvalue weighted by Gasteiger charge is 2.32. The molecule has 3 rings (SSSR count). The lowest BCUT2D eigenvalue weighted by molar-refractivity contribution is -0.134. The molecule has 2 aliphatic rings. The van der Waals surface area contributed by atoms with Crippen molar-refractivity contribution in [1.29, 1.82) is 0 Å². The lowest BCUT2D eigenvalue weighted by Crippen LogP contribution is -2.52. The maximum absolute atomic E-state index is 12.9. The first-order valence-corrected chi connectivity index (χ1v) is 11.4. The third kappa shape index (κ3) is 4.77. The first kappa shape index (κ1) is 20.9. The van der Waals surface area contributed by atoms with E-state index in [1.54, 1.807) is 6.07 Å². The number of piperidine rings is 1. The van der Waals surface area contributed by atoms with Crippen LogP contribution in [0.3, 0.4) is 0 Å². The highest BCUT2D eigenvalue weighted by atomic mass is 35.5. The van der Waals surface area contributed by atoms with Crippen LogP contribution in [-0.2, 0) is 14.8 Å². The number of carbonyl (C=O) groups excluding carboxylic acids is 1. The molecule has 1 amide bonds. The second-order valence-corrected chi connectivity index (χ2v) is 9.98. The molecule has 0 aromatic heterocycles. The number of amides is 1. The van der Waals surface area contributed by atoms with Crippen LogP contribution >= 0.6 is 23.2 Å². The van der Waals surface area contributed by atoms with Gasteiger partial charge in [-0.25, -0.2) is 8.42 Å². The summed E-state index contributed by atoms with van der Waals surface area (Å²) in [4.78, 5) is 16.4. The Labute approximate surface area is 171 Å². The van der Waals surface area contributed by atoms with Gasteiger partial charge in [0.25, 0.3) is 0 Å². The molecule has 9 heteroatoms. The van der Waals surface area contributed by atoms with Crippen LogP contribution in [0.1, 0.15) is 19.8 Å². The molecule has 1 aromatic carbocycles. The summed E-state index contributed by atoms with van der Waals surface area (Å²) in [7, 11) is -3.75. The van der Waals surface area contributed by atoms with E-state index in [1.165, 1.54) is 16.4 Å². The molecule has 0 atom stereocenters. The van der Waals surface area contributed by atoms with Gasteiger partial charge in [0, 0.05) is 39.3 Å². The van der Waals surface area contributed by atoms with Gasteiger partial charge in [-0.05, 0) is 30.9 Å². The number of benzene rings is 1. The molecule has 27 heavy (non-hydrogen) atoms. The van der Waals surface area contributed by atoms with E-state index in [9.17, 15) is 13.2 Å². The van der Waals surface area contributed by atoms with Crippen LogP contribution in [0.4, 0.5) is 0 Å². The van der Waals surface area contributed by atoms with Crippen LogP contribution < -0.4 is 0 Å². The molecule has 0 aliphatic carbocycles. The number of rotatable bonds is 4.